The van der Waals surface area contributed by atoms with Gasteiger partial charge in [0.05, 0.1) is 9.79 Å². The number of hydrogen-bond acceptors (Lipinski definition) is 7. The van der Waals surface area contributed by atoms with Gasteiger partial charge in [-0.3, -0.25) is 4.72 Å². The van der Waals surface area contributed by atoms with Crippen molar-refractivity contribution < 1.29 is 44.0 Å². The number of hydrogen-bond donors (Lipinski definition) is 2. The van der Waals surface area contributed by atoms with Gasteiger partial charge >= 0.3 is 28.4 Å². The molecule has 166 valence electrons. The molecule has 1 aromatic heterocycles. The van der Waals surface area contributed by atoms with Gasteiger partial charge in [-0.2, -0.15) is 0 Å². The fraction of sp³-hybridized carbons (Fsp3) is 0.0556. The average molecular weight is 554 g/mol. The minimum atomic E-state index is -4.06. The molecular formula is C18H16AgN5O5S2. The fourth-order valence-electron chi connectivity index (χ4n) is 2.29. The Kier molecular flexibility index (Phi) is 7.92. The van der Waals surface area contributed by atoms with E-state index in [0.717, 1.165) is 0 Å². The Morgan fingerprint density at radius 1 is 0.903 bits per heavy atom. The van der Waals surface area contributed by atoms with Crippen LogP contribution in [0.5, 0.6) is 0 Å². The van der Waals surface area contributed by atoms with E-state index in [4.69, 9.17) is 0 Å². The summed E-state index contributed by atoms with van der Waals surface area (Å²) < 4.78 is 54.4. The molecule has 0 saturated carbocycles. The van der Waals surface area contributed by atoms with Crippen molar-refractivity contribution >= 4 is 37.7 Å². The van der Waals surface area contributed by atoms with Crippen LogP contribution in [0.4, 0.5) is 16.4 Å². The molecule has 3 aromatic rings. The molecule has 2 N–H and O–H groups in total. The molecule has 0 aliphatic heterocycles. The number of rotatable bonds is 6. The molecule has 0 aliphatic carbocycles. The molecule has 0 aliphatic rings. The van der Waals surface area contributed by atoms with Gasteiger partial charge in [-0.15, -0.1) is 0 Å². The van der Waals surface area contributed by atoms with Crippen molar-refractivity contribution in [2.75, 3.05) is 5.32 Å². The van der Waals surface area contributed by atoms with Crippen molar-refractivity contribution in [3.05, 3.63) is 77.3 Å². The predicted octanol–water partition coefficient (Wildman–Crippen LogP) is 2.69. The number of urea groups is 1. The molecule has 3 rings (SSSR count). The number of carbonyl (C=O) groups is 1. The summed E-state index contributed by atoms with van der Waals surface area (Å²) in [7, 11) is -8.10. The number of sulfonamides is 2. The van der Waals surface area contributed by atoms with Crippen molar-refractivity contribution in [2.45, 2.75) is 16.7 Å². The molecular weight excluding hydrogens is 538 g/mol. The summed E-state index contributed by atoms with van der Waals surface area (Å²) in [6.07, 6.45) is 1.39. The molecule has 0 spiro atoms. The number of nitrogens with one attached hydrogen (secondary N) is 2. The van der Waals surface area contributed by atoms with E-state index in [1.54, 1.807) is 19.1 Å². The molecule has 0 unspecified atom stereocenters. The van der Waals surface area contributed by atoms with Crippen LogP contribution in [0.1, 0.15) is 5.69 Å². The van der Waals surface area contributed by atoms with Gasteiger partial charge < -0.3 is 15.3 Å². The Morgan fingerprint density at radius 2 is 1.55 bits per heavy atom. The normalized spacial score (nSPS) is 11.1. The van der Waals surface area contributed by atoms with Crippen molar-refractivity contribution in [1.82, 2.24) is 14.7 Å². The first-order valence-corrected chi connectivity index (χ1v) is 11.3. The molecule has 2 aromatic carbocycles. The van der Waals surface area contributed by atoms with E-state index in [1.807, 2.05) is 4.72 Å². The third kappa shape index (κ3) is 6.60. The van der Waals surface area contributed by atoms with Gasteiger partial charge in [-0.05, 0) is 55.2 Å². The summed E-state index contributed by atoms with van der Waals surface area (Å²) in [4.78, 5) is 19.5. The van der Waals surface area contributed by atoms with E-state index in [2.05, 4.69) is 20.0 Å². The zero-order chi connectivity index (χ0) is 21.8. The molecule has 0 radical (unpaired) electrons. The van der Waals surface area contributed by atoms with E-state index < -0.39 is 26.1 Å². The molecule has 0 saturated heterocycles. The van der Waals surface area contributed by atoms with Gasteiger partial charge in [0, 0.05) is 11.6 Å². The largest absolute Gasteiger partial charge is 1.00 e. The maximum absolute atomic E-state index is 12.4. The first-order valence-electron chi connectivity index (χ1n) is 8.42. The van der Waals surface area contributed by atoms with Gasteiger partial charge in [-0.25, -0.2) is 26.4 Å². The minimum Gasteiger partial charge on any atom is -0.366 e. The van der Waals surface area contributed by atoms with Crippen LogP contribution < -0.4 is 10.0 Å². The average Bonchev–Trinajstić information content (AvgIpc) is 2.68. The number of carbonyl (C=O) groups excluding carboxylic acids is 1. The molecule has 0 bridgehead atoms. The van der Waals surface area contributed by atoms with Crippen LogP contribution in [0.3, 0.4) is 0 Å². The zero-order valence-corrected chi connectivity index (χ0v) is 19.0. The third-order valence-electron chi connectivity index (χ3n) is 3.67. The summed E-state index contributed by atoms with van der Waals surface area (Å²) in [5.74, 6) is -0.192. The monoisotopic (exact) mass is 553 g/mol. The van der Waals surface area contributed by atoms with Crippen LogP contribution >= 0.6 is 0 Å². The van der Waals surface area contributed by atoms with Crippen LogP contribution in [0.25, 0.3) is 4.72 Å². The van der Waals surface area contributed by atoms with Gasteiger partial charge in [0.15, 0.2) is 0 Å². The van der Waals surface area contributed by atoms with E-state index >= 15 is 0 Å². The number of aryl methyl sites for hydroxylation is 1. The Balaban J connectivity index is 0.00000341. The number of amides is 2. The standard InChI is InChI=1S/C18H17N5O5S2.Ag/c1-13-11-12-19-17(20-13)22-29(25,26)16-9-7-14(8-10-16)21-18(24)23-30(27,28)15-5-3-2-4-6-15;/h2-12H,1H3,(H3,19,20,21,22,23,24);/q;+1/p-1. The maximum Gasteiger partial charge on any atom is 1.00 e. The second-order valence-electron chi connectivity index (χ2n) is 5.96. The predicted molar refractivity (Wildman–Crippen MR) is 109 cm³/mol. The summed E-state index contributed by atoms with van der Waals surface area (Å²) in [5.41, 5.74) is 0.747. The van der Waals surface area contributed by atoms with Crippen LogP contribution in [-0.4, -0.2) is 32.8 Å². The summed E-state index contributed by atoms with van der Waals surface area (Å²) in [6, 6.07) is 13.0. The zero-order valence-electron chi connectivity index (χ0n) is 15.9. The molecule has 13 heteroatoms. The Labute approximate surface area is 195 Å². The van der Waals surface area contributed by atoms with Gasteiger partial charge in [0.2, 0.25) is 10.0 Å². The van der Waals surface area contributed by atoms with Gasteiger partial charge in [0.1, 0.15) is 0 Å². The Hall–Kier alpha value is -2.77. The van der Waals surface area contributed by atoms with E-state index in [1.165, 1.54) is 54.7 Å². The van der Waals surface area contributed by atoms with Crippen LogP contribution in [-0.2, 0) is 42.4 Å². The number of aromatic nitrogens is 2. The topological polar surface area (TPSA) is 149 Å². The van der Waals surface area contributed by atoms with E-state index in [0.29, 0.717) is 5.69 Å². The van der Waals surface area contributed by atoms with Crippen molar-refractivity contribution in [3.63, 3.8) is 0 Å². The van der Waals surface area contributed by atoms with Crippen molar-refractivity contribution in [2.24, 2.45) is 0 Å². The van der Waals surface area contributed by atoms with Crippen LogP contribution in [0, 0.1) is 6.92 Å². The smallest absolute Gasteiger partial charge is 0.366 e. The number of benzene rings is 2. The number of anilines is 1. The van der Waals surface area contributed by atoms with Crippen LogP contribution in [0.15, 0.2) is 76.7 Å². The molecule has 0 atom stereocenters. The first kappa shape index (κ1) is 24.5. The van der Waals surface area contributed by atoms with Crippen LogP contribution in [0.2, 0.25) is 0 Å². The van der Waals surface area contributed by atoms with Gasteiger partial charge in [0.25, 0.3) is 10.0 Å². The molecule has 1 heterocycles. The van der Waals surface area contributed by atoms with E-state index in [-0.39, 0.29) is 43.8 Å². The first-order chi connectivity index (χ1) is 14.2. The SMILES string of the molecule is Cc1ccnc([N-]S(=O)(=O)c2ccc(NC(=O)NS(=O)(=O)c3ccccc3)cc2)n1.[Ag+]. The molecule has 2 amide bonds. The fourth-order valence-corrected chi connectivity index (χ4v) is 4.10. The second-order valence-corrected chi connectivity index (χ2v) is 9.25. The van der Waals surface area contributed by atoms with E-state index in [9.17, 15) is 21.6 Å². The summed E-state index contributed by atoms with van der Waals surface area (Å²) in [5, 5.41) is 2.32. The Bertz CT molecular complexity index is 1270. The number of nitrogens with zero attached hydrogens (tertiary/aromatic N) is 3. The summed E-state index contributed by atoms with van der Waals surface area (Å²) in [6.45, 7) is 1.68. The molecule has 31 heavy (non-hydrogen) atoms. The van der Waals surface area contributed by atoms with Crippen molar-refractivity contribution in [1.29, 1.82) is 0 Å². The summed E-state index contributed by atoms with van der Waals surface area (Å²) >= 11 is 0. The minimum absolute atomic E-state index is 0. The van der Waals surface area contributed by atoms with Gasteiger partial charge in [-0.1, -0.05) is 24.3 Å². The molecule has 10 nitrogen and oxygen atoms in total. The quantitative estimate of drug-likeness (QED) is 0.445. The molecule has 0 fully saturated rings. The second kappa shape index (κ2) is 10.0. The van der Waals surface area contributed by atoms with Crippen molar-refractivity contribution in [3.8, 4) is 0 Å². The maximum atomic E-state index is 12.4. The third-order valence-corrected chi connectivity index (χ3v) is 6.29. The Morgan fingerprint density at radius 3 is 2.16 bits per heavy atom.